The molecule has 3 rings (SSSR count). The van der Waals surface area contributed by atoms with Gasteiger partial charge in [0.25, 0.3) is 0 Å². The van der Waals surface area contributed by atoms with Crippen LogP contribution in [0.3, 0.4) is 0 Å². The van der Waals surface area contributed by atoms with Crippen LogP contribution in [-0.4, -0.2) is 0 Å². The van der Waals surface area contributed by atoms with Crippen LogP contribution in [0.15, 0.2) is 36.4 Å². The number of hydrogen-bond acceptors (Lipinski definition) is 1. The fraction of sp³-hybridized carbons (Fsp3) is 0.474. The van der Waals surface area contributed by atoms with E-state index in [4.69, 9.17) is 5.73 Å². The zero-order chi connectivity index (χ0) is 14.2. The molecule has 0 bridgehead atoms. The van der Waals surface area contributed by atoms with E-state index in [2.05, 4.69) is 50.2 Å². The van der Waals surface area contributed by atoms with E-state index in [0.717, 1.165) is 0 Å². The van der Waals surface area contributed by atoms with Crippen LogP contribution >= 0.6 is 0 Å². The van der Waals surface area contributed by atoms with Crippen molar-refractivity contribution in [2.75, 3.05) is 0 Å². The van der Waals surface area contributed by atoms with Crippen molar-refractivity contribution in [1.29, 1.82) is 0 Å². The third kappa shape index (κ3) is 2.05. The summed E-state index contributed by atoms with van der Waals surface area (Å²) in [7, 11) is 0. The lowest BCUT2D eigenvalue weighted by atomic mass is 9.72. The van der Waals surface area contributed by atoms with Gasteiger partial charge < -0.3 is 5.73 Å². The summed E-state index contributed by atoms with van der Waals surface area (Å²) in [6.07, 6.45) is 6.44. The Hall–Kier alpha value is -1.34. The van der Waals surface area contributed by atoms with Gasteiger partial charge in [0.2, 0.25) is 0 Å². The molecule has 1 fully saturated rings. The molecule has 1 atom stereocenters. The van der Waals surface area contributed by atoms with Gasteiger partial charge in [0.15, 0.2) is 0 Å². The van der Waals surface area contributed by atoms with Gasteiger partial charge in [-0.05, 0) is 53.5 Å². The van der Waals surface area contributed by atoms with Crippen LogP contribution in [0.25, 0.3) is 10.8 Å². The second-order valence-corrected chi connectivity index (χ2v) is 6.42. The van der Waals surface area contributed by atoms with E-state index in [1.54, 1.807) is 0 Å². The molecule has 0 spiro atoms. The van der Waals surface area contributed by atoms with Gasteiger partial charge in [0.05, 0.1) is 0 Å². The SMILES string of the molecule is CCC1(C(N)c2c(C)ccc3ccccc23)CCCC1. The first kappa shape index (κ1) is 13.6. The highest BCUT2D eigenvalue weighted by atomic mass is 14.7. The van der Waals surface area contributed by atoms with E-state index in [9.17, 15) is 0 Å². The van der Waals surface area contributed by atoms with Gasteiger partial charge in [-0.25, -0.2) is 0 Å². The molecule has 0 heterocycles. The summed E-state index contributed by atoms with van der Waals surface area (Å²) in [5.41, 5.74) is 9.85. The standard InChI is InChI=1S/C19H25N/c1-3-19(12-6-7-13-19)18(20)17-14(2)10-11-15-8-4-5-9-16(15)17/h4-5,8-11,18H,3,6-7,12-13,20H2,1-2H3. The van der Waals surface area contributed by atoms with Crippen molar-refractivity contribution in [1.82, 2.24) is 0 Å². The highest BCUT2D eigenvalue weighted by Gasteiger charge is 2.39. The van der Waals surface area contributed by atoms with Crippen LogP contribution < -0.4 is 5.73 Å². The summed E-state index contributed by atoms with van der Waals surface area (Å²) in [6, 6.07) is 13.3. The minimum Gasteiger partial charge on any atom is -0.323 e. The number of nitrogens with two attached hydrogens (primary N) is 1. The number of aryl methyl sites for hydroxylation is 1. The zero-order valence-corrected chi connectivity index (χ0v) is 12.7. The smallest absolute Gasteiger partial charge is 0.0360 e. The van der Waals surface area contributed by atoms with Crippen molar-refractivity contribution in [3.63, 3.8) is 0 Å². The van der Waals surface area contributed by atoms with Crippen LogP contribution in [0.2, 0.25) is 0 Å². The molecule has 1 aliphatic rings. The summed E-state index contributed by atoms with van der Waals surface area (Å²) in [6.45, 7) is 4.52. The van der Waals surface area contributed by atoms with Gasteiger partial charge in [-0.2, -0.15) is 0 Å². The summed E-state index contributed by atoms with van der Waals surface area (Å²) < 4.78 is 0. The van der Waals surface area contributed by atoms with E-state index >= 15 is 0 Å². The zero-order valence-electron chi connectivity index (χ0n) is 12.7. The molecule has 1 heteroatoms. The first-order chi connectivity index (χ1) is 9.68. The lowest BCUT2D eigenvalue weighted by Crippen LogP contribution is -2.32. The molecule has 0 amide bonds. The van der Waals surface area contributed by atoms with Gasteiger partial charge in [-0.3, -0.25) is 0 Å². The fourth-order valence-electron chi connectivity index (χ4n) is 4.09. The maximum Gasteiger partial charge on any atom is 0.0360 e. The first-order valence-corrected chi connectivity index (χ1v) is 7.92. The van der Waals surface area contributed by atoms with E-state index in [0.29, 0.717) is 5.41 Å². The molecule has 1 nitrogen and oxygen atoms in total. The molecule has 1 aliphatic carbocycles. The van der Waals surface area contributed by atoms with Gasteiger partial charge in [-0.15, -0.1) is 0 Å². The van der Waals surface area contributed by atoms with E-state index in [1.165, 1.54) is 54.0 Å². The molecule has 1 saturated carbocycles. The number of fused-ring (bicyclic) bond motifs is 1. The van der Waals surface area contributed by atoms with Crippen molar-refractivity contribution in [3.05, 3.63) is 47.5 Å². The number of hydrogen-bond donors (Lipinski definition) is 1. The van der Waals surface area contributed by atoms with Gasteiger partial charge in [-0.1, -0.05) is 56.2 Å². The Kier molecular flexibility index (Phi) is 3.55. The van der Waals surface area contributed by atoms with E-state index < -0.39 is 0 Å². The Labute approximate surface area is 122 Å². The number of rotatable bonds is 3. The van der Waals surface area contributed by atoms with Crippen LogP contribution in [0.4, 0.5) is 0 Å². The van der Waals surface area contributed by atoms with Crippen LogP contribution in [0.1, 0.15) is 56.2 Å². The molecule has 2 N–H and O–H groups in total. The monoisotopic (exact) mass is 267 g/mol. The molecular weight excluding hydrogens is 242 g/mol. The van der Waals surface area contributed by atoms with Crippen molar-refractivity contribution < 1.29 is 0 Å². The molecule has 20 heavy (non-hydrogen) atoms. The predicted octanol–water partition coefficient (Wildman–Crippen LogP) is 5.12. The highest BCUT2D eigenvalue weighted by molar-refractivity contribution is 5.87. The maximum absolute atomic E-state index is 6.81. The van der Waals surface area contributed by atoms with Crippen molar-refractivity contribution in [3.8, 4) is 0 Å². The van der Waals surface area contributed by atoms with Crippen LogP contribution in [0, 0.1) is 12.3 Å². The molecule has 2 aromatic rings. The topological polar surface area (TPSA) is 26.0 Å². The lowest BCUT2D eigenvalue weighted by molar-refractivity contribution is 0.222. The normalized spacial score (nSPS) is 19.4. The van der Waals surface area contributed by atoms with E-state index in [1.807, 2.05) is 0 Å². The molecule has 0 aromatic heterocycles. The second kappa shape index (κ2) is 5.21. The van der Waals surface area contributed by atoms with Gasteiger partial charge in [0.1, 0.15) is 0 Å². The first-order valence-electron chi connectivity index (χ1n) is 7.92. The minimum atomic E-state index is 0.168. The Morgan fingerprint density at radius 3 is 2.50 bits per heavy atom. The van der Waals surface area contributed by atoms with Gasteiger partial charge in [0, 0.05) is 6.04 Å². The third-order valence-electron chi connectivity index (χ3n) is 5.46. The van der Waals surface area contributed by atoms with Gasteiger partial charge >= 0.3 is 0 Å². The molecule has 106 valence electrons. The van der Waals surface area contributed by atoms with Crippen LogP contribution in [0.5, 0.6) is 0 Å². The fourth-order valence-corrected chi connectivity index (χ4v) is 4.09. The molecule has 2 aromatic carbocycles. The van der Waals surface area contributed by atoms with Crippen molar-refractivity contribution >= 4 is 10.8 Å². The second-order valence-electron chi connectivity index (χ2n) is 6.42. The molecular formula is C19H25N. The largest absolute Gasteiger partial charge is 0.323 e. The third-order valence-corrected chi connectivity index (χ3v) is 5.46. The average molecular weight is 267 g/mol. The minimum absolute atomic E-state index is 0.168. The van der Waals surface area contributed by atoms with Crippen LogP contribution in [-0.2, 0) is 0 Å². The molecule has 0 saturated heterocycles. The number of benzene rings is 2. The predicted molar refractivity (Wildman–Crippen MR) is 86.8 cm³/mol. The Morgan fingerprint density at radius 1 is 1.10 bits per heavy atom. The van der Waals surface area contributed by atoms with E-state index in [-0.39, 0.29) is 6.04 Å². The Balaban J connectivity index is 2.15. The Bertz CT molecular complexity index is 608. The average Bonchev–Trinajstić information content (AvgIpc) is 2.96. The molecule has 0 aliphatic heterocycles. The summed E-state index contributed by atoms with van der Waals surface area (Å²) in [4.78, 5) is 0. The maximum atomic E-state index is 6.81. The summed E-state index contributed by atoms with van der Waals surface area (Å²) in [5, 5.41) is 2.66. The highest BCUT2D eigenvalue weighted by Crippen LogP contribution is 2.50. The quantitative estimate of drug-likeness (QED) is 0.820. The lowest BCUT2D eigenvalue weighted by Gasteiger charge is -2.36. The summed E-state index contributed by atoms with van der Waals surface area (Å²) in [5.74, 6) is 0. The molecule has 1 unspecified atom stereocenters. The van der Waals surface area contributed by atoms with Crippen molar-refractivity contribution in [2.24, 2.45) is 11.1 Å². The Morgan fingerprint density at radius 2 is 1.80 bits per heavy atom. The van der Waals surface area contributed by atoms with Crippen molar-refractivity contribution in [2.45, 2.75) is 52.0 Å². The summed E-state index contributed by atoms with van der Waals surface area (Å²) >= 11 is 0. The molecule has 0 radical (unpaired) electrons.